The largest absolute Gasteiger partial charge is 0.271 e. The van der Waals surface area contributed by atoms with Gasteiger partial charge in [0.05, 0.1) is 0 Å². The molecule has 2 aromatic carbocycles. The topological polar surface area (TPSA) is 32.7 Å². The fraction of sp³-hybridized carbons (Fsp3) is 0.423. The van der Waals surface area contributed by atoms with E-state index in [0.717, 1.165) is 44.1 Å². The molecule has 1 spiro atoms. The minimum absolute atomic E-state index is 0.0591. The van der Waals surface area contributed by atoms with Gasteiger partial charge in [-0.1, -0.05) is 70.1 Å². The average Bonchev–Trinajstić information content (AvgIpc) is 2.87. The Morgan fingerprint density at radius 3 is 2.10 bits per heavy atom. The van der Waals surface area contributed by atoms with Crippen LogP contribution in [-0.2, 0) is 5.41 Å². The van der Waals surface area contributed by atoms with Gasteiger partial charge < -0.3 is 0 Å². The molecule has 31 heavy (non-hydrogen) atoms. The Kier molecular flexibility index (Phi) is 5.82. The van der Waals surface area contributed by atoms with Gasteiger partial charge in [-0.3, -0.25) is 14.7 Å². The summed E-state index contributed by atoms with van der Waals surface area (Å²) in [5.41, 5.74) is 2.75. The van der Waals surface area contributed by atoms with Gasteiger partial charge in [0.25, 0.3) is 5.91 Å². The molecule has 2 aromatic rings. The molecule has 1 heterocycles. The zero-order valence-corrected chi connectivity index (χ0v) is 19.3. The molecule has 1 saturated carbocycles. The van der Waals surface area contributed by atoms with Crippen molar-refractivity contribution < 1.29 is 9.18 Å². The van der Waals surface area contributed by atoms with Crippen LogP contribution in [0.4, 0.5) is 4.39 Å². The molecule has 2 aliphatic rings. The van der Waals surface area contributed by atoms with E-state index in [4.69, 9.17) is 17.2 Å². The maximum absolute atomic E-state index is 13.6. The maximum Gasteiger partial charge on any atom is 0.260 e. The molecule has 1 amide bonds. The lowest BCUT2D eigenvalue weighted by Crippen LogP contribution is -2.49. The predicted molar refractivity (Wildman–Crippen MR) is 127 cm³/mol. The minimum atomic E-state index is -0.642. The molecule has 0 saturated heterocycles. The van der Waals surface area contributed by atoms with Gasteiger partial charge in [0.2, 0.25) is 0 Å². The smallest absolute Gasteiger partial charge is 0.260 e. The Balaban J connectivity index is 1.74. The summed E-state index contributed by atoms with van der Waals surface area (Å²) in [7, 11) is 0. The van der Waals surface area contributed by atoms with Crippen LogP contribution in [0.2, 0.25) is 0 Å². The number of halogens is 1. The van der Waals surface area contributed by atoms with Crippen LogP contribution in [0.15, 0.2) is 53.5 Å². The Hall–Kier alpha value is -2.40. The van der Waals surface area contributed by atoms with Crippen molar-refractivity contribution in [2.75, 3.05) is 0 Å². The van der Waals surface area contributed by atoms with Crippen LogP contribution >= 0.6 is 12.2 Å². The van der Waals surface area contributed by atoms with Crippen LogP contribution in [0.3, 0.4) is 0 Å². The summed E-state index contributed by atoms with van der Waals surface area (Å²) in [6.07, 6.45) is 5.88. The second kappa shape index (κ2) is 8.27. The first-order valence-corrected chi connectivity index (χ1v) is 11.5. The number of benzene rings is 2. The van der Waals surface area contributed by atoms with Crippen LogP contribution in [0, 0.1) is 5.82 Å². The van der Waals surface area contributed by atoms with Crippen LogP contribution in [0.25, 0.3) is 0 Å². The molecule has 162 valence electrons. The number of carbonyl (C=O) groups excluding carboxylic acids is 1. The summed E-state index contributed by atoms with van der Waals surface area (Å²) >= 11 is 5.85. The summed E-state index contributed by atoms with van der Waals surface area (Å²) in [6, 6.07) is 14.0. The number of hydrogen-bond acceptors (Lipinski definition) is 3. The number of aliphatic imine (C=N–C) groups is 1. The van der Waals surface area contributed by atoms with E-state index in [0.29, 0.717) is 16.3 Å². The Labute approximate surface area is 189 Å². The molecule has 0 atom stereocenters. The van der Waals surface area contributed by atoms with Crippen molar-refractivity contribution in [3.8, 4) is 0 Å². The third-order valence-electron chi connectivity index (χ3n) is 6.36. The highest BCUT2D eigenvalue weighted by molar-refractivity contribution is 7.82. The number of hydrogen-bond donors (Lipinski definition) is 0. The highest BCUT2D eigenvalue weighted by atomic mass is 32.1. The molecule has 0 aromatic heterocycles. The SMILES string of the molecule is CC(C)(C)c1ccc(C2=NC3(CCCCCC3)N(C(=O)c3ccc(F)cc3)C2=S)cc1. The standard InChI is InChI=1S/C26H29FN2OS/c1-25(2,3)20-12-8-18(9-13-20)22-24(31)29(23(30)19-10-14-21(27)15-11-19)26(28-22)16-6-4-5-7-17-26/h8-15H,4-7,16-17H2,1-3H3. The lowest BCUT2D eigenvalue weighted by molar-refractivity contribution is 0.0691. The normalized spacial score (nSPS) is 18.8. The third kappa shape index (κ3) is 4.20. The number of nitrogens with zero attached hydrogens (tertiary/aromatic N) is 2. The number of thiocarbonyl (C=S) groups is 1. The molecule has 0 radical (unpaired) electrons. The lowest BCUT2D eigenvalue weighted by atomic mass is 9.86. The molecular weight excluding hydrogens is 407 g/mol. The van der Waals surface area contributed by atoms with Crippen molar-refractivity contribution in [3.05, 3.63) is 71.0 Å². The highest BCUT2D eigenvalue weighted by Gasteiger charge is 2.48. The van der Waals surface area contributed by atoms with Gasteiger partial charge in [0.15, 0.2) is 0 Å². The molecule has 0 unspecified atom stereocenters. The molecule has 4 rings (SSSR count). The molecule has 0 bridgehead atoms. The van der Waals surface area contributed by atoms with Crippen LogP contribution < -0.4 is 0 Å². The van der Waals surface area contributed by atoms with Crippen molar-refractivity contribution in [3.63, 3.8) is 0 Å². The summed E-state index contributed by atoms with van der Waals surface area (Å²) in [5, 5.41) is 0. The quantitative estimate of drug-likeness (QED) is 0.507. The van der Waals surface area contributed by atoms with Crippen molar-refractivity contribution >= 4 is 28.8 Å². The monoisotopic (exact) mass is 436 g/mol. The van der Waals surface area contributed by atoms with Gasteiger partial charge in [0, 0.05) is 11.1 Å². The first-order valence-electron chi connectivity index (χ1n) is 11.1. The molecule has 5 heteroatoms. The zero-order valence-electron chi connectivity index (χ0n) is 18.5. The van der Waals surface area contributed by atoms with E-state index in [2.05, 4.69) is 45.0 Å². The van der Waals surface area contributed by atoms with Crippen molar-refractivity contribution in [1.29, 1.82) is 0 Å². The van der Waals surface area contributed by atoms with E-state index in [1.54, 1.807) is 4.90 Å². The Morgan fingerprint density at radius 1 is 0.968 bits per heavy atom. The lowest BCUT2D eigenvalue weighted by Gasteiger charge is -2.35. The number of rotatable bonds is 2. The fourth-order valence-corrected chi connectivity index (χ4v) is 4.97. The predicted octanol–water partition coefficient (Wildman–Crippen LogP) is 6.45. The molecule has 0 N–H and O–H groups in total. The second-order valence-electron chi connectivity index (χ2n) is 9.64. The molecule has 1 fully saturated rings. The van der Waals surface area contributed by atoms with Gasteiger partial charge in [-0.05, 0) is 60.9 Å². The summed E-state index contributed by atoms with van der Waals surface area (Å²) < 4.78 is 13.4. The first-order chi connectivity index (χ1) is 14.7. The molecule has 3 nitrogen and oxygen atoms in total. The van der Waals surface area contributed by atoms with Crippen molar-refractivity contribution in [2.45, 2.75) is 70.4 Å². The van der Waals surface area contributed by atoms with Crippen LogP contribution in [0.1, 0.15) is 80.8 Å². The van der Waals surface area contributed by atoms with Gasteiger partial charge in [-0.2, -0.15) is 0 Å². The van der Waals surface area contributed by atoms with E-state index in [9.17, 15) is 9.18 Å². The van der Waals surface area contributed by atoms with Gasteiger partial charge >= 0.3 is 0 Å². The van der Waals surface area contributed by atoms with Crippen LogP contribution in [0.5, 0.6) is 0 Å². The zero-order chi connectivity index (χ0) is 22.2. The minimum Gasteiger partial charge on any atom is -0.271 e. The number of carbonyl (C=O) groups is 1. The van der Waals surface area contributed by atoms with E-state index >= 15 is 0 Å². The fourth-order valence-electron chi connectivity index (χ4n) is 4.55. The highest BCUT2D eigenvalue weighted by Crippen LogP contribution is 2.40. The van der Waals surface area contributed by atoms with Gasteiger partial charge in [-0.15, -0.1) is 0 Å². The van der Waals surface area contributed by atoms with Crippen LogP contribution in [-0.4, -0.2) is 27.2 Å². The van der Waals surface area contributed by atoms with E-state index in [-0.39, 0.29) is 17.1 Å². The Bertz CT molecular complexity index is 1010. The number of amides is 1. The van der Waals surface area contributed by atoms with Crippen molar-refractivity contribution in [2.24, 2.45) is 4.99 Å². The van der Waals surface area contributed by atoms with E-state index in [1.807, 2.05) is 0 Å². The van der Waals surface area contributed by atoms with Gasteiger partial charge in [-0.25, -0.2) is 4.39 Å². The van der Waals surface area contributed by atoms with E-state index < -0.39 is 5.66 Å². The second-order valence-corrected chi connectivity index (χ2v) is 10.0. The first kappa shape index (κ1) is 21.8. The molecule has 1 aliphatic heterocycles. The average molecular weight is 437 g/mol. The third-order valence-corrected chi connectivity index (χ3v) is 6.74. The van der Waals surface area contributed by atoms with Gasteiger partial charge in [0.1, 0.15) is 22.2 Å². The molecule has 1 aliphatic carbocycles. The maximum atomic E-state index is 13.6. The summed E-state index contributed by atoms with van der Waals surface area (Å²) in [5.74, 6) is -0.558. The summed E-state index contributed by atoms with van der Waals surface area (Å²) in [6.45, 7) is 6.55. The Morgan fingerprint density at radius 2 is 1.55 bits per heavy atom. The molecular formula is C26H29FN2OS. The van der Waals surface area contributed by atoms with E-state index in [1.165, 1.54) is 29.8 Å². The van der Waals surface area contributed by atoms with Crippen molar-refractivity contribution in [1.82, 2.24) is 4.90 Å². The summed E-state index contributed by atoms with van der Waals surface area (Å²) in [4.78, 5) is 20.9.